The molecule has 1 aromatic heterocycles. The molecule has 0 saturated carbocycles. The minimum absolute atomic E-state index is 0.306. The van der Waals surface area contributed by atoms with E-state index in [1.807, 2.05) is 18.2 Å². The SMILES string of the molecule is Cc1ccc2[nH]c3c(c2c1)CCC[C@H]3[NH2+]C[C@@H](O)Cc1ccccc1. The van der Waals surface area contributed by atoms with Crippen molar-refractivity contribution in [3.05, 3.63) is 70.9 Å². The first-order valence-electron chi connectivity index (χ1n) is 9.37. The fraction of sp³-hybridized carbons (Fsp3) is 0.364. The van der Waals surface area contributed by atoms with Gasteiger partial charge in [0.25, 0.3) is 0 Å². The standard InChI is InChI=1S/C22H26N2O/c1-15-10-11-20-19(12-15)18-8-5-9-21(22(18)24-20)23-14-17(25)13-16-6-3-2-4-7-16/h2-4,6-7,10-12,17,21,23-25H,5,8-9,13-14H2,1H3/p+1/t17-,21+/m0/s1. The van der Waals surface area contributed by atoms with Gasteiger partial charge in [-0.2, -0.15) is 0 Å². The van der Waals surface area contributed by atoms with Crippen molar-refractivity contribution in [2.75, 3.05) is 6.54 Å². The van der Waals surface area contributed by atoms with E-state index >= 15 is 0 Å². The van der Waals surface area contributed by atoms with Crippen LogP contribution in [-0.2, 0) is 12.8 Å². The topological polar surface area (TPSA) is 52.6 Å². The van der Waals surface area contributed by atoms with E-state index in [4.69, 9.17) is 0 Å². The second kappa shape index (κ2) is 7.03. The summed E-state index contributed by atoms with van der Waals surface area (Å²) >= 11 is 0. The smallest absolute Gasteiger partial charge is 0.127 e. The number of benzene rings is 2. The van der Waals surface area contributed by atoms with Gasteiger partial charge in [-0.05, 0) is 43.0 Å². The molecule has 4 N–H and O–H groups in total. The Morgan fingerprint density at radius 2 is 2.04 bits per heavy atom. The Bertz CT molecular complexity index is 853. The van der Waals surface area contributed by atoms with Crippen LogP contribution in [-0.4, -0.2) is 22.7 Å². The van der Waals surface area contributed by atoms with Crippen LogP contribution in [0, 0.1) is 6.92 Å². The number of rotatable bonds is 5. The van der Waals surface area contributed by atoms with Crippen molar-refractivity contribution >= 4 is 10.9 Å². The fourth-order valence-corrected chi connectivity index (χ4v) is 4.14. The first kappa shape index (κ1) is 16.4. The van der Waals surface area contributed by atoms with E-state index in [-0.39, 0.29) is 6.10 Å². The van der Waals surface area contributed by atoms with Crippen molar-refractivity contribution in [1.29, 1.82) is 0 Å². The van der Waals surface area contributed by atoms with Gasteiger partial charge in [-0.1, -0.05) is 42.0 Å². The number of quaternary nitrogens is 1. The lowest BCUT2D eigenvalue weighted by Gasteiger charge is -2.22. The molecule has 0 radical (unpaired) electrons. The number of fused-ring (bicyclic) bond motifs is 3. The number of aryl methyl sites for hydroxylation is 2. The Kier molecular flexibility index (Phi) is 4.60. The zero-order valence-electron chi connectivity index (χ0n) is 14.8. The lowest BCUT2D eigenvalue weighted by atomic mass is 9.91. The number of H-pyrrole nitrogens is 1. The number of hydrogen-bond donors (Lipinski definition) is 3. The van der Waals surface area contributed by atoms with E-state index in [1.54, 1.807) is 0 Å². The number of aromatic amines is 1. The Hall–Kier alpha value is -2.10. The number of aliphatic hydroxyl groups is 1. The van der Waals surface area contributed by atoms with Gasteiger partial charge in [0.05, 0.1) is 5.69 Å². The van der Waals surface area contributed by atoms with Crippen LogP contribution < -0.4 is 5.32 Å². The van der Waals surface area contributed by atoms with Gasteiger partial charge >= 0.3 is 0 Å². The third-order valence-electron chi connectivity index (χ3n) is 5.41. The van der Waals surface area contributed by atoms with Gasteiger partial charge < -0.3 is 15.4 Å². The second-order valence-electron chi connectivity index (χ2n) is 7.38. The summed E-state index contributed by atoms with van der Waals surface area (Å²) in [6, 6.07) is 17.4. The zero-order chi connectivity index (χ0) is 17.2. The summed E-state index contributed by atoms with van der Waals surface area (Å²) in [6.07, 6.45) is 3.98. The highest BCUT2D eigenvalue weighted by Gasteiger charge is 2.27. The van der Waals surface area contributed by atoms with Gasteiger partial charge in [-0.3, -0.25) is 0 Å². The molecular weight excluding hydrogens is 308 g/mol. The monoisotopic (exact) mass is 335 g/mol. The Balaban J connectivity index is 1.47. The van der Waals surface area contributed by atoms with Gasteiger partial charge in [-0.15, -0.1) is 0 Å². The molecule has 0 spiro atoms. The highest BCUT2D eigenvalue weighted by atomic mass is 16.3. The fourth-order valence-electron chi connectivity index (χ4n) is 4.14. The Labute approximate surface area is 149 Å². The highest BCUT2D eigenvalue weighted by molar-refractivity contribution is 5.85. The molecule has 3 heteroatoms. The van der Waals surface area contributed by atoms with Crippen LogP contribution in [0.5, 0.6) is 0 Å². The van der Waals surface area contributed by atoms with Crippen molar-refractivity contribution in [3.8, 4) is 0 Å². The maximum absolute atomic E-state index is 10.4. The third-order valence-corrected chi connectivity index (χ3v) is 5.41. The van der Waals surface area contributed by atoms with Crippen LogP contribution in [0.2, 0.25) is 0 Å². The molecule has 0 amide bonds. The molecular formula is C22H27N2O+. The molecule has 2 aromatic carbocycles. The van der Waals surface area contributed by atoms with E-state index in [9.17, 15) is 5.11 Å². The number of nitrogens with one attached hydrogen (secondary N) is 1. The molecule has 1 aliphatic rings. The summed E-state index contributed by atoms with van der Waals surface area (Å²) in [5.41, 5.74) is 6.63. The second-order valence-corrected chi connectivity index (χ2v) is 7.38. The summed E-state index contributed by atoms with van der Waals surface area (Å²) in [4.78, 5) is 3.65. The first-order valence-corrected chi connectivity index (χ1v) is 9.37. The molecule has 0 fully saturated rings. The summed E-state index contributed by atoms with van der Waals surface area (Å²) in [6.45, 7) is 2.90. The summed E-state index contributed by atoms with van der Waals surface area (Å²) < 4.78 is 0. The largest absolute Gasteiger partial charge is 0.387 e. The van der Waals surface area contributed by atoms with Crippen LogP contribution in [0.4, 0.5) is 0 Å². The molecule has 3 nitrogen and oxygen atoms in total. The van der Waals surface area contributed by atoms with Crippen molar-refractivity contribution < 1.29 is 10.4 Å². The van der Waals surface area contributed by atoms with Crippen molar-refractivity contribution in [1.82, 2.24) is 4.98 Å². The lowest BCUT2D eigenvalue weighted by Crippen LogP contribution is -2.87. The predicted octanol–water partition coefficient (Wildman–Crippen LogP) is 3.02. The third kappa shape index (κ3) is 3.48. The quantitative estimate of drug-likeness (QED) is 0.659. The number of aromatic nitrogens is 1. The predicted molar refractivity (Wildman–Crippen MR) is 102 cm³/mol. The molecule has 3 aromatic rings. The first-order chi connectivity index (χ1) is 12.2. The van der Waals surface area contributed by atoms with E-state index < -0.39 is 0 Å². The van der Waals surface area contributed by atoms with E-state index in [0.29, 0.717) is 6.04 Å². The van der Waals surface area contributed by atoms with Crippen molar-refractivity contribution in [2.24, 2.45) is 0 Å². The average molecular weight is 335 g/mol. The average Bonchev–Trinajstić information content (AvgIpc) is 2.99. The normalized spacial score (nSPS) is 18.2. The molecule has 0 saturated heterocycles. The summed E-state index contributed by atoms with van der Waals surface area (Å²) in [5, 5.41) is 14.1. The Morgan fingerprint density at radius 3 is 2.88 bits per heavy atom. The lowest BCUT2D eigenvalue weighted by molar-refractivity contribution is -0.703. The molecule has 0 unspecified atom stereocenters. The molecule has 25 heavy (non-hydrogen) atoms. The number of aliphatic hydroxyl groups excluding tert-OH is 1. The van der Waals surface area contributed by atoms with E-state index in [1.165, 1.54) is 46.1 Å². The van der Waals surface area contributed by atoms with Crippen LogP contribution in [0.1, 0.15) is 41.3 Å². The summed E-state index contributed by atoms with van der Waals surface area (Å²) in [7, 11) is 0. The molecule has 2 atom stereocenters. The molecule has 0 aliphatic heterocycles. The molecule has 0 bridgehead atoms. The van der Waals surface area contributed by atoms with Crippen molar-refractivity contribution in [2.45, 2.75) is 44.8 Å². The van der Waals surface area contributed by atoms with Crippen LogP contribution in [0.3, 0.4) is 0 Å². The summed E-state index contributed by atoms with van der Waals surface area (Å²) in [5.74, 6) is 0. The van der Waals surface area contributed by atoms with Gasteiger partial charge in [-0.25, -0.2) is 0 Å². The van der Waals surface area contributed by atoms with E-state index in [2.05, 4.69) is 47.6 Å². The van der Waals surface area contributed by atoms with Crippen molar-refractivity contribution in [3.63, 3.8) is 0 Å². The van der Waals surface area contributed by atoms with Crippen LogP contribution in [0.15, 0.2) is 48.5 Å². The Morgan fingerprint density at radius 1 is 1.20 bits per heavy atom. The van der Waals surface area contributed by atoms with Gasteiger partial charge in [0.1, 0.15) is 18.7 Å². The minimum atomic E-state index is -0.306. The molecule has 1 aliphatic carbocycles. The minimum Gasteiger partial charge on any atom is -0.387 e. The zero-order valence-corrected chi connectivity index (χ0v) is 14.8. The molecule has 130 valence electrons. The maximum Gasteiger partial charge on any atom is 0.127 e. The number of hydrogen-bond acceptors (Lipinski definition) is 1. The van der Waals surface area contributed by atoms with Crippen LogP contribution in [0.25, 0.3) is 10.9 Å². The van der Waals surface area contributed by atoms with E-state index in [0.717, 1.165) is 19.4 Å². The van der Waals surface area contributed by atoms with Gasteiger partial charge in [0.2, 0.25) is 0 Å². The van der Waals surface area contributed by atoms with Gasteiger partial charge in [0, 0.05) is 23.7 Å². The number of nitrogens with two attached hydrogens (primary N) is 1. The molecule has 4 rings (SSSR count). The van der Waals surface area contributed by atoms with Gasteiger partial charge in [0.15, 0.2) is 0 Å². The van der Waals surface area contributed by atoms with Crippen LogP contribution >= 0.6 is 0 Å². The molecule has 1 heterocycles. The maximum atomic E-state index is 10.4. The highest BCUT2D eigenvalue weighted by Crippen LogP contribution is 2.33.